The fourth-order valence-corrected chi connectivity index (χ4v) is 2.30. The normalized spacial score (nSPS) is 31.8. The Hall–Kier alpha value is -1.08. The van der Waals surface area contributed by atoms with E-state index >= 15 is 0 Å². The van der Waals surface area contributed by atoms with Gasteiger partial charge >= 0.3 is 0 Å². The van der Waals surface area contributed by atoms with Crippen molar-refractivity contribution in [3.63, 3.8) is 0 Å². The maximum Gasteiger partial charge on any atom is 0.0320 e. The van der Waals surface area contributed by atoms with Crippen LogP contribution in [0.5, 0.6) is 0 Å². The van der Waals surface area contributed by atoms with Gasteiger partial charge in [0.25, 0.3) is 0 Å². The summed E-state index contributed by atoms with van der Waals surface area (Å²) in [7, 11) is 0. The molecule has 1 N–H and O–H groups in total. The quantitative estimate of drug-likeness (QED) is 0.705. The first-order valence-electron chi connectivity index (χ1n) is 6.42. The lowest BCUT2D eigenvalue weighted by atomic mass is 9.96. The fraction of sp³-hybridized carbons (Fsp3) is 0.467. The Morgan fingerprint density at radius 1 is 0.875 bits per heavy atom. The van der Waals surface area contributed by atoms with Crippen LogP contribution in [0.1, 0.15) is 32.1 Å². The topological polar surface area (TPSA) is 12.0 Å². The van der Waals surface area contributed by atoms with Crippen molar-refractivity contribution in [2.45, 2.75) is 38.1 Å². The molecule has 1 aliphatic carbocycles. The minimum absolute atomic E-state index is 0.549. The lowest BCUT2D eigenvalue weighted by molar-refractivity contribution is 0.455. The second-order valence-electron chi connectivity index (χ2n) is 4.51. The number of hydrogen-bond donors (Lipinski definition) is 1. The molecule has 0 radical (unpaired) electrons. The lowest BCUT2D eigenvalue weighted by Crippen LogP contribution is -2.32. The highest BCUT2D eigenvalue weighted by Crippen LogP contribution is 2.17. The summed E-state index contributed by atoms with van der Waals surface area (Å²) >= 11 is 0. The maximum absolute atomic E-state index is 3.66. The van der Waals surface area contributed by atoms with Gasteiger partial charge < -0.3 is 5.32 Å². The largest absolute Gasteiger partial charge is 0.310 e. The SMILES string of the molecule is C1=C/C=C\C(C2CCCCCCN2)=C/C=C1. The average Bonchev–Trinajstić information content (AvgIpc) is 2.18. The van der Waals surface area contributed by atoms with Gasteiger partial charge in [0.05, 0.1) is 0 Å². The van der Waals surface area contributed by atoms with Crippen molar-refractivity contribution >= 4 is 0 Å². The van der Waals surface area contributed by atoms with Gasteiger partial charge in [-0.3, -0.25) is 0 Å². The summed E-state index contributed by atoms with van der Waals surface area (Å²) in [6, 6.07) is 0.549. The van der Waals surface area contributed by atoms with Gasteiger partial charge in [-0.05, 0) is 25.0 Å². The second-order valence-corrected chi connectivity index (χ2v) is 4.51. The van der Waals surface area contributed by atoms with E-state index in [0.717, 1.165) is 6.54 Å². The first-order chi connectivity index (χ1) is 7.97. The van der Waals surface area contributed by atoms with Gasteiger partial charge in [0.15, 0.2) is 0 Å². The summed E-state index contributed by atoms with van der Waals surface area (Å²) in [5, 5.41) is 3.66. The Kier molecular flexibility index (Phi) is 4.63. The molecule has 0 aromatic rings. The number of hydrogen-bond acceptors (Lipinski definition) is 1. The van der Waals surface area contributed by atoms with Crippen LogP contribution in [0.25, 0.3) is 0 Å². The molecule has 0 bridgehead atoms. The molecule has 86 valence electrons. The third-order valence-corrected chi connectivity index (χ3v) is 3.23. The highest BCUT2D eigenvalue weighted by molar-refractivity contribution is 5.34. The zero-order valence-electron chi connectivity index (χ0n) is 9.86. The molecule has 1 fully saturated rings. The Morgan fingerprint density at radius 3 is 2.69 bits per heavy atom. The van der Waals surface area contributed by atoms with Crippen LogP contribution in [0.2, 0.25) is 0 Å². The number of allylic oxidation sites excluding steroid dienone is 6. The van der Waals surface area contributed by atoms with E-state index in [2.05, 4.69) is 47.8 Å². The van der Waals surface area contributed by atoms with E-state index in [0.29, 0.717) is 6.04 Å². The number of rotatable bonds is 1. The Bertz CT molecular complexity index is 312. The van der Waals surface area contributed by atoms with Crippen LogP contribution in [0.4, 0.5) is 0 Å². The predicted octanol–water partition coefficient (Wildman–Crippen LogP) is 3.52. The zero-order chi connectivity index (χ0) is 11.1. The monoisotopic (exact) mass is 215 g/mol. The molecule has 1 saturated heterocycles. The van der Waals surface area contributed by atoms with Gasteiger partial charge in [0, 0.05) is 6.04 Å². The highest BCUT2D eigenvalue weighted by Gasteiger charge is 2.12. The molecule has 1 unspecified atom stereocenters. The second kappa shape index (κ2) is 6.49. The lowest BCUT2D eigenvalue weighted by Gasteiger charge is -2.22. The summed E-state index contributed by atoms with van der Waals surface area (Å²) in [4.78, 5) is 0. The van der Waals surface area contributed by atoms with E-state index in [1.54, 1.807) is 0 Å². The summed E-state index contributed by atoms with van der Waals surface area (Å²) in [6.45, 7) is 1.16. The Morgan fingerprint density at radius 2 is 1.69 bits per heavy atom. The summed E-state index contributed by atoms with van der Waals surface area (Å²) < 4.78 is 0. The van der Waals surface area contributed by atoms with Crippen molar-refractivity contribution in [1.29, 1.82) is 0 Å². The maximum atomic E-state index is 3.66. The van der Waals surface area contributed by atoms with Crippen LogP contribution in [0.3, 0.4) is 0 Å². The molecule has 0 spiro atoms. The van der Waals surface area contributed by atoms with E-state index in [-0.39, 0.29) is 0 Å². The van der Waals surface area contributed by atoms with Crippen LogP contribution >= 0.6 is 0 Å². The molecule has 1 heterocycles. The molecule has 1 atom stereocenters. The molecule has 16 heavy (non-hydrogen) atoms. The number of nitrogens with one attached hydrogen (secondary N) is 1. The van der Waals surface area contributed by atoms with E-state index in [1.807, 2.05) is 0 Å². The smallest absolute Gasteiger partial charge is 0.0320 e. The Balaban J connectivity index is 2.03. The first-order valence-corrected chi connectivity index (χ1v) is 6.42. The van der Waals surface area contributed by atoms with Crippen molar-refractivity contribution in [3.8, 4) is 0 Å². The molecule has 0 aromatic carbocycles. The molecule has 1 heteroatoms. The summed E-state index contributed by atoms with van der Waals surface area (Å²) in [5.74, 6) is 0. The van der Waals surface area contributed by atoms with Crippen LogP contribution in [-0.4, -0.2) is 12.6 Å². The third-order valence-electron chi connectivity index (χ3n) is 3.23. The zero-order valence-corrected chi connectivity index (χ0v) is 9.86. The van der Waals surface area contributed by atoms with E-state index in [1.165, 1.54) is 37.7 Å². The van der Waals surface area contributed by atoms with Gasteiger partial charge in [-0.15, -0.1) is 0 Å². The van der Waals surface area contributed by atoms with Crippen LogP contribution in [0, 0.1) is 0 Å². The van der Waals surface area contributed by atoms with Crippen molar-refractivity contribution in [2.75, 3.05) is 6.54 Å². The standard InChI is InChI=1S/C15H21N/c1-2-6-10-14(11-7-3-1)15-12-8-4-5-9-13-16-15/h1-3,6-7,10-11,15-16H,4-5,8-9,12-13H2/b2-1?,3-1?,6-2?,7-3?,10-6-,11-7?,14-10?,14-11+. The van der Waals surface area contributed by atoms with E-state index in [4.69, 9.17) is 0 Å². The average molecular weight is 215 g/mol. The first kappa shape index (κ1) is 11.4. The van der Waals surface area contributed by atoms with Crippen LogP contribution in [0.15, 0.2) is 48.1 Å². The molecule has 2 aliphatic rings. The molecule has 0 saturated carbocycles. The molecular formula is C15H21N. The Labute approximate surface area is 98.6 Å². The van der Waals surface area contributed by atoms with Gasteiger partial charge in [-0.1, -0.05) is 61.8 Å². The van der Waals surface area contributed by atoms with Crippen molar-refractivity contribution < 1.29 is 0 Å². The summed E-state index contributed by atoms with van der Waals surface area (Å²) in [6.07, 6.45) is 21.7. The minimum Gasteiger partial charge on any atom is -0.310 e. The van der Waals surface area contributed by atoms with Crippen LogP contribution < -0.4 is 5.32 Å². The molecule has 2 rings (SSSR count). The minimum atomic E-state index is 0.549. The summed E-state index contributed by atoms with van der Waals surface area (Å²) in [5.41, 5.74) is 1.42. The van der Waals surface area contributed by atoms with Gasteiger partial charge in [0.1, 0.15) is 0 Å². The van der Waals surface area contributed by atoms with E-state index < -0.39 is 0 Å². The van der Waals surface area contributed by atoms with Gasteiger partial charge in [0.2, 0.25) is 0 Å². The van der Waals surface area contributed by atoms with Crippen molar-refractivity contribution in [3.05, 3.63) is 48.1 Å². The van der Waals surface area contributed by atoms with Crippen LogP contribution in [-0.2, 0) is 0 Å². The van der Waals surface area contributed by atoms with Gasteiger partial charge in [-0.2, -0.15) is 0 Å². The van der Waals surface area contributed by atoms with Crippen molar-refractivity contribution in [2.24, 2.45) is 0 Å². The predicted molar refractivity (Wildman–Crippen MR) is 70.4 cm³/mol. The molecule has 0 amide bonds. The van der Waals surface area contributed by atoms with E-state index in [9.17, 15) is 0 Å². The molecular weight excluding hydrogens is 194 g/mol. The third kappa shape index (κ3) is 3.49. The molecule has 1 aliphatic heterocycles. The molecule has 1 nitrogen and oxygen atoms in total. The highest BCUT2D eigenvalue weighted by atomic mass is 14.9. The molecule has 0 aromatic heterocycles. The van der Waals surface area contributed by atoms with Gasteiger partial charge in [-0.25, -0.2) is 0 Å². The fourth-order valence-electron chi connectivity index (χ4n) is 2.30. The van der Waals surface area contributed by atoms with Crippen molar-refractivity contribution in [1.82, 2.24) is 5.32 Å².